The fraction of sp³-hybridized carbons (Fsp3) is 0.611. The van der Waals surface area contributed by atoms with Crippen molar-refractivity contribution >= 4 is 21.8 Å². The molecule has 1 aromatic carbocycles. The predicted octanol–water partition coefficient (Wildman–Crippen LogP) is 4.43. The lowest BCUT2D eigenvalue weighted by atomic mass is 10.1. The summed E-state index contributed by atoms with van der Waals surface area (Å²) >= 11 is 3.43. The SMILES string of the molecule is CCCN(CCc1ccc(OC)cc1)C(=O)CCCCCBr. The van der Waals surface area contributed by atoms with Gasteiger partial charge in [-0.25, -0.2) is 0 Å². The van der Waals surface area contributed by atoms with Gasteiger partial charge in [0.25, 0.3) is 0 Å². The number of methoxy groups -OCH3 is 1. The highest BCUT2D eigenvalue weighted by molar-refractivity contribution is 9.09. The van der Waals surface area contributed by atoms with E-state index < -0.39 is 0 Å². The molecule has 0 fully saturated rings. The summed E-state index contributed by atoms with van der Waals surface area (Å²) in [5, 5.41) is 1.03. The van der Waals surface area contributed by atoms with Gasteiger partial charge in [0.05, 0.1) is 7.11 Å². The molecule has 0 atom stereocenters. The number of halogens is 1. The van der Waals surface area contributed by atoms with Crippen LogP contribution in [0.5, 0.6) is 5.75 Å². The lowest BCUT2D eigenvalue weighted by Gasteiger charge is -2.22. The zero-order chi connectivity index (χ0) is 16.2. The second-order valence-corrected chi connectivity index (χ2v) is 6.27. The number of rotatable bonds is 11. The molecule has 0 aromatic heterocycles. The summed E-state index contributed by atoms with van der Waals surface area (Å²) in [5.41, 5.74) is 1.24. The Morgan fingerprint density at radius 3 is 2.45 bits per heavy atom. The fourth-order valence-electron chi connectivity index (χ4n) is 2.39. The molecule has 3 nitrogen and oxygen atoms in total. The van der Waals surface area contributed by atoms with Gasteiger partial charge in [-0.1, -0.05) is 41.4 Å². The summed E-state index contributed by atoms with van der Waals surface area (Å²) < 4.78 is 5.17. The van der Waals surface area contributed by atoms with Gasteiger partial charge < -0.3 is 9.64 Å². The van der Waals surface area contributed by atoms with Crippen molar-refractivity contribution < 1.29 is 9.53 Å². The van der Waals surface area contributed by atoms with Crippen LogP contribution in [0.1, 0.15) is 44.6 Å². The third kappa shape index (κ3) is 7.30. The molecule has 0 unspecified atom stereocenters. The van der Waals surface area contributed by atoms with Crippen LogP contribution in [0.2, 0.25) is 0 Å². The Bertz CT molecular complexity index is 420. The van der Waals surface area contributed by atoms with Crippen molar-refractivity contribution in [1.82, 2.24) is 4.90 Å². The summed E-state index contributed by atoms with van der Waals surface area (Å²) in [6.45, 7) is 3.78. The zero-order valence-electron chi connectivity index (χ0n) is 13.8. The number of nitrogens with zero attached hydrogens (tertiary/aromatic N) is 1. The lowest BCUT2D eigenvalue weighted by Crippen LogP contribution is -2.33. The minimum atomic E-state index is 0.296. The lowest BCUT2D eigenvalue weighted by molar-refractivity contribution is -0.131. The third-order valence-corrected chi connectivity index (χ3v) is 4.26. The average Bonchev–Trinajstić information content (AvgIpc) is 2.55. The minimum absolute atomic E-state index is 0.296. The van der Waals surface area contributed by atoms with Crippen molar-refractivity contribution in [2.75, 3.05) is 25.5 Å². The Hall–Kier alpha value is -1.03. The van der Waals surface area contributed by atoms with Crippen LogP contribution in [0, 0.1) is 0 Å². The van der Waals surface area contributed by atoms with Crippen LogP contribution in [-0.2, 0) is 11.2 Å². The molecular formula is C18H28BrNO2. The Kier molecular flexibility index (Phi) is 9.96. The van der Waals surface area contributed by atoms with Gasteiger partial charge in [-0.3, -0.25) is 4.79 Å². The molecular weight excluding hydrogens is 342 g/mol. The number of alkyl halides is 1. The van der Waals surface area contributed by atoms with Gasteiger partial charge in [0, 0.05) is 24.8 Å². The number of benzene rings is 1. The molecule has 0 spiro atoms. The van der Waals surface area contributed by atoms with Crippen molar-refractivity contribution in [3.05, 3.63) is 29.8 Å². The van der Waals surface area contributed by atoms with E-state index in [1.54, 1.807) is 7.11 Å². The first-order valence-corrected chi connectivity index (χ1v) is 9.30. The second-order valence-electron chi connectivity index (χ2n) is 5.48. The molecule has 1 amide bonds. The van der Waals surface area contributed by atoms with Gasteiger partial charge in [-0.15, -0.1) is 0 Å². The van der Waals surface area contributed by atoms with Gasteiger partial charge >= 0.3 is 0 Å². The van der Waals surface area contributed by atoms with Crippen LogP contribution in [0.25, 0.3) is 0 Å². The van der Waals surface area contributed by atoms with Crippen LogP contribution in [0.15, 0.2) is 24.3 Å². The molecule has 0 heterocycles. The molecule has 124 valence electrons. The summed E-state index contributed by atoms with van der Waals surface area (Å²) in [6, 6.07) is 8.09. The van der Waals surface area contributed by atoms with Crippen molar-refractivity contribution in [1.29, 1.82) is 0 Å². The first-order chi connectivity index (χ1) is 10.7. The van der Waals surface area contributed by atoms with Gasteiger partial charge in [-0.05, 0) is 43.4 Å². The predicted molar refractivity (Wildman–Crippen MR) is 95.8 cm³/mol. The largest absolute Gasteiger partial charge is 0.497 e. The normalized spacial score (nSPS) is 10.5. The van der Waals surface area contributed by atoms with Crippen molar-refractivity contribution in [3.63, 3.8) is 0 Å². The molecule has 0 aliphatic carbocycles. The quantitative estimate of drug-likeness (QED) is 0.426. The number of carbonyl (C=O) groups is 1. The molecule has 0 radical (unpaired) electrons. The highest BCUT2D eigenvalue weighted by Crippen LogP contribution is 2.13. The highest BCUT2D eigenvalue weighted by Gasteiger charge is 2.12. The van der Waals surface area contributed by atoms with Crippen molar-refractivity contribution in [2.24, 2.45) is 0 Å². The monoisotopic (exact) mass is 369 g/mol. The van der Waals surface area contributed by atoms with E-state index in [1.807, 2.05) is 17.0 Å². The first-order valence-electron chi connectivity index (χ1n) is 8.18. The smallest absolute Gasteiger partial charge is 0.222 e. The van der Waals surface area contributed by atoms with Crippen LogP contribution < -0.4 is 4.74 Å². The Balaban J connectivity index is 2.43. The molecule has 1 rings (SSSR count). The molecule has 0 saturated carbocycles. The van der Waals surface area contributed by atoms with E-state index in [4.69, 9.17) is 4.74 Å². The number of hydrogen-bond acceptors (Lipinski definition) is 2. The van der Waals surface area contributed by atoms with Gasteiger partial charge in [0.15, 0.2) is 0 Å². The van der Waals surface area contributed by atoms with Gasteiger partial charge in [0.1, 0.15) is 5.75 Å². The van der Waals surface area contributed by atoms with E-state index in [2.05, 4.69) is 35.0 Å². The Morgan fingerprint density at radius 1 is 1.14 bits per heavy atom. The van der Waals surface area contributed by atoms with E-state index in [0.29, 0.717) is 12.3 Å². The summed E-state index contributed by atoms with van der Waals surface area (Å²) in [7, 11) is 1.67. The Labute approximate surface area is 143 Å². The zero-order valence-corrected chi connectivity index (χ0v) is 15.4. The summed E-state index contributed by atoms with van der Waals surface area (Å²) in [6.07, 6.45) is 5.85. The number of ether oxygens (including phenoxy) is 1. The van der Waals surface area contributed by atoms with Crippen LogP contribution in [-0.4, -0.2) is 36.3 Å². The van der Waals surface area contributed by atoms with E-state index in [9.17, 15) is 4.79 Å². The number of unbranched alkanes of at least 4 members (excludes halogenated alkanes) is 2. The first kappa shape index (κ1) is 19.0. The van der Waals surface area contributed by atoms with E-state index in [-0.39, 0.29) is 0 Å². The van der Waals surface area contributed by atoms with E-state index in [0.717, 1.165) is 56.3 Å². The molecule has 22 heavy (non-hydrogen) atoms. The molecule has 1 aromatic rings. The van der Waals surface area contributed by atoms with Crippen LogP contribution in [0.4, 0.5) is 0 Å². The van der Waals surface area contributed by atoms with Crippen molar-refractivity contribution in [2.45, 2.75) is 45.4 Å². The molecule has 0 aliphatic heterocycles. The van der Waals surface area contributed by atoms with E-state index >= 15 is 0 Å². The van der Waals surface area contributed by atoms with Crippen molar-refractivity contribution in [3.8, 4) is 5.75 Å². The topological polar surface area (TPSA) is 29.5 Å². The maximum Gasteiger partial charge on any atom is 0.222 e. The van der Waals surface area contributed by atoms with Gasteiger partial charge in [0.2, 0.25) is 5.91 Å². The maximum absolute atomic E-state index is 12.3. The molecule has 4 heteroatoms. The standard InChI is InChI=1S/C18H28BrNO2/c1-3-14-20(18(21)7-5-4-6-13-19)15-12-16-8-10-17(22-2)11-9-16/h8-11H,3-7,12-15H2,1-2H3. The highest BCUT2D eigenvalue weighted by atomic mass is 79.9. The van der Waals surface area contributed by atoms with Crippen LogP contribution in [0.3, 0.4) is 0 Å². The average molecular weight is 370 g/mol. The third-order valence-electron chi connectivity index (χ3n) is 3.70. The molecule has 0 bridgehead atoms. The minimum Gasteiger partial charge on any atom is -0.497 e. The van der Waals surface area contributed by atoms with E-state index in [1.165, 1.54) is 5.56 Å². The molecule has 0 saturated heterocycles. The van der Waals surface area contributed by atoms with Gasteiger partial charge in [-0.2, -0.15) is 0 Å². The molecule has 0 aliphatic rings. The second kappa shape index (κ2) is 11.5. The van der Waals surface area contributed by atoms with Crippen LogP contribution >= 0.6 is 15.9 Å². The molecule has 0 N–H and O–H groups in total. The summed E-state index contributed by atoms with van der Waals surface area (Å²) in [4.78, 5) is 14.3. The Morgan fingerprint density at radius 2 is 1.86 bits per heavy atom. The summed E-state index contributed by atoms with van der Waals surface area (Å²) in [5.74, 6) is 1.17. The fourth-order valence-corrected chi connectivity index (χ4v) is 2.79. The number of hydrogen-bond donors (Lipinski definition) is 0. The number of carbonyl (C=O) groups excluding carboxylic acids is 1. The maximum atomic E-state index is 12.3. The number of amides is 1.